The quantitative estimate of drug-likeness (QED) is 0.780. The van der Waals surface area contributed by atoms with E-state index in [2.05, 4.69) is 12.2 Å². The number of piperidine rings is 1. The largest absolute Gasteiger partial charge is 0.311 e. The molecule has 2 aliphatic rings. The second-order valence-corrected chi connectivity index (χ2v) is 7.22. The summed E-state index contributed by atoms with van der Waals surface area (Å²) in [5.74, 6) is 1.17. The van der Waals surface area contributed by atoms with E-state index in [1.165, 1.54) is 12.8 Å². The van der Waals surface area contributed by atoms with Gasteiger partial charge in [0, 0.05) is 5.54 Å². The summed E-state index contributed by atoms with van der Waals surface area (Å²) in [5, 5.41) is 3.60. The first-order chi connectivity index (χ1) is 7.08. The average molecular weight is 231 g/mol. The lowest BCUT2D eigenvalue weighted by molar-refractivity contribution is 0.169. The Bertz CT molecular complexity index is 317. The summed E-state index contributed by atoms with van der Waals surface area (Å²) >= 11 is 0. The van der Waals surface area contributed by atoms with Gasteiger partial charge in [-0.05, 0) is 38.1 Å². The second kappa shape index (κ2) is 4.06. The van der Waals surface area contributed by atoms with Crippen LogP contribution in [-0.4, -0.2) is 32.0 Å². The predicted octanol–water partition coefficient (Wildman–Crippen LogP) is 1.34. The van der Waals surface area contributed by atoms with Gasteiger partial charge in [0.05, 0.1) is 11.5 Å². The van der Waals surface area contributed by atoms with Crippen LogP contribution in [-0.2, 0) is 9.84 Å². The third-order valence-corrected chi connectivity index (χ3v) is 5.94. The molecule has 0 aromatic carbocycles. The van der Waals surface area contributed by atoms with Gasteiger partial charge in [0.1, 0.15) is 0 Å². The zero-order valence-corrected chi connectivity index (χ0v) is 10.3. The molecule has 0 spiro atoms. The van der Waals surface area contributed by atoms with E-state index < -0.39 is 9.84 Å². The average Bonchev–Trinajstić information content (AvgIpc) is 2.60. The highest BCUT2D eigenvalue weighted by molar-refractivity contribution is 7.91. The zero-order chi connectivity index (χ0) is 10.9. The van der Waals surface area contributed by atoms with Crippen LogP contribution in [0.1, 0.15) is 39.0 Å². The Kier molecular flexibility index (Phi) is 3.08. The van der Waals surface area contributed by atoms with Gasteiger partial charge in [0.2, 0.25) is 0 Å². The highest BCUT2D eigenvalue weighted by Crippen LogP contribution is 2.37. The lowest BCUT2D eigenvalue weighted by Gasteiger charge is -2.42. The summed E-state index contributed by atoms with van der Waals surface area (Å²) in [4.78, 5) is 0. The Morgan fingerprint density at radius 2 is 2.20 bits per heavy atom. The normalized spacial score (nSPS) is 40.5. The van der Waals surface area contributed by atoms with Crippen molar-refractivity contribution in [2.75, 3.05) is 18.1 Å². The minimum Gasteiger partial charge on any atom is -0.311 e. The summed E-state index contributed by atoms with van der Waals surface area (Å²) in [5.41, 5.74) is 0.127. The molecule has 2 unspecified atom stereocenters. The summed E-state index contributed by atoms with van der Waals surface area (Å²) in [6.07, 6.45) is 5.57. The van der Waals surface area contributed by atoms with E-state index >= 15 is 0 Å². The minimum absolute atomic E-state index is 0.127. The molecule has 0 saturated carbocycles. The van der Waals surface area contributed by atoms with Gasteiger partial charge >= 0.3 is 0 Å². The van der Waals surface area contributed by atoms with Crippen molar-refractivity contribution in [3.8, 4) is 0 Å². The van der Waals surface area contributed by atoms with E-state index in [1.54, 1.807) is 0 Å². The molecular weight excluding hydrogens is 210 g/mol. The molecule has 3 nitrogen and oxygen atoms in total. The molecule has 2 saturated heterocycles. The molecule has 2 rings (SSSR count). The first-order valence-electron chi connectivity index (χ1n) is 6.03. The first kappa shape index (κ1) is 11.4. The first-order valence-corrected chi connectivity index (χ1v) is 7.85. The van der Waals surface area contributed by atoms with Gasteiger partial charge in [-0.15, -0.1) is 0 Å². The van der Waals surface area contributed by atoms with Crippen LogP contribution in [0.5, 0.6) is 0 Å². The van der Waals surface area contributed by atoms with Gasteiger partial charge in [-0.3, -0.25) is 0 Å². The van der Waals surface area contributed by atoms with E-state index in [1.807, 2.05) is 0 Å². The van der Waals surface area contributed by atoms with E-state index in [9.17, 15) is 8.42 Å². The molecule has 0 aliphatic carbocycles. The van der Waals surface area contributed by atoms with Crippen molar-refractivity contribution >= 4 is 9.84 Å². The fraction of sp³-hybridized carbons (Fsp3) is 1.00. The number of nitrogens with one attached hydrogen (secondary N) is 1. The van der Waals surface area contributed by atoms with E-state index in [0.717, 1.165) is 25.8 Å². The third-order valence-electron chi connectivity index (χ3n) is 4.17. The molecule has 0 amide bonds. The predicted molar refractivity (Wildman–Crippen MR) is 61.6 cm³/mol. The number of hydrogen-bond donors (Lipinski definition) is 1. The van der Waals surface area contributed by atoms with Crippen molar-refractivity contribution in [3.05, 3.63) is 0 Å². The Morgan fingerprint density at radius 3 is 2.67 bits per heavy atom. The maximum absolute atomic E-state index is 11.5. The van der Waals surface area contributed by atoms with E-state index in [4.69, 9.17) is 0 Å². The van der Waals surface area contributed by atoms with Gasteiger partial charge in [-0.2, -0.15) is 0 Å². The summed E-state index contributed by atoms with van der Waals surface area (Å²) in [6, 6.07) is 0. The molecule has 15 heavy (non-hydrogen) atoms. The monoisotopic (exact) mass is 231 g/mol. The Hall–Kier alpha value is -0.0900. The van der Waals surface area contributed by atoms with Crippen molar-refractivity contribution in [1.82, 2.24) is 5.32 Å². The van der Waals surface area contributed by atoms with Gasteiger partial charge in [0.15, 0.2) is 9.84 Å². The molecule has 0 aromatic rings. The van der Waals surface area contributed by atoms with Crippen molar-refractivity contribution in [1.29, 1.82) is 0 Å². The standard InChI is InChI=1S/C11H21NO2S/c1-2-11(6-3-4-7-12-11)10-5-8-15(13,14)9-10/h10,12H,2-9H2,1H3. The van der Waals surface area contributed by atoms with Crippen molar-refractivity contribution in [2.24, 2.45) is 5.92 Å². The fourth-order valence-electron chi connectivity index (χ4n) is 3.16. The molecule has 0 radical (unpaired) electrons. The topological polar surface area (TPSA) is 46.2 Å². The van der Waals surface area contributed by atoms with Gasteiger partial charge < -0.3 is 5.32 Å². The zero-order valence-electron chi connectivity index (χ0n) is 9.46. The molecule has 2 fully saturated rings. The van der Waals surface area contributed by atoms with Crippen LogP contribution in [0.25, 0.3) is 0 Å². The second-order valence-electron chi connectivity index (χ2n) is 4.99. The molecule has 1 N–H and O–H groups in total. The fourth-order valence-corrected chi connectivity index (χ4v) is 5.07. The summed E-state index contributed by atoms with van der Waals surface area (Å²) in [7, 11) is -2.73. The SMILES string of the molecule is CCC1(C2CCS(=O)(=O)C2)CCCCN1. The number of sulfone groups is 1. The van der Waals surface area contributed by atoms with Crippen LogP contribution in [0.15, 0.2) is 0 Å². The molecule has 0 aromatic heterocycles. The maximum atomic E-state index is 11.5. The lowest BCUT2D eigenvalue weighted by Crippen LogP contribution is -2.54. The Morgan fingerprint density at radius 1 is 1.40 bits per heavy atom. The molecule has 2 heterocycles. The third kappa shape index (κ3) is 2.21. The number of hydrogen-bond acceptors (Lipinski definition) is 3. The minimum atomic E-state index is -2.73. The number of rotatable bonds is 2. The lowest BCUT2D eigenvalue weighted by atomic mass is 9.75. The van der Waals surface area contributed by atoms with Crippen LogP contribution in [0.2, 0.25) is 0 Å². The van der Waals surface area contributed by atoms with Crippen molar-refractivity contribution in [3.63, 3.8) is 0 Å². The molecule has 88 valence electrons. The highest BCUT2D eigenvalue weighted by atomic mass is 32.2. The van der Waals surface area contributed by atoms with Crippen LogP contribution in [0, 0.1) is 5.92 Å². The molecule has 4 heteroatoms. The molecule has 0 bridgehead atoms. The molecular formula is C11H21NO2S. The van der Waals surface area contributed by atoms with E-state index in [-0.39, 0.29) is 5.54 Å². The Labute approximate surface area is 92.6 Å². The van der Waals surface area contributed by atoms with Crippen LogP contribution in [0.4, 0.5) is 0 Å². The van der Waals surface area contributed by atoms with Gasteiger partial charge in [-0.1, -0.05) is 13.3 Å². The van der Waals surface area contributed by atoms with Crippen LogP contribution < -0.4 is 5.32 Å². The van der Waals surface area contributed by atoms with Crippen LogP contribution in [0.3, 0.4) is 0 Å². The Balaban J connectivity index is 2.13. The summed E-state index contributed by atoms with van der Waals surface area (Å²) in [6.45, 7) is 3.24. The summed E-state index contributed by atoms with van der Waals surface area (Å²) < 4.78 is 23.0. The molecule has 2 aliphatic heterocycles. The van der Waals surface area contributed by atoms with Crippen molar-refractivity contribution in [2.45, 2.75) is 44.6 Å². The molecule has 2 atom stereocenters. The maximum Gasteiger partial charge on any atom is 0.150 e. The highest BCUT2D eigenvalue weighted by Gasteiger charge is 2.43. The van der Waals surface area contributed by atoms with Gasteiger partial charge in [0.25, 0.3) is 0 Å². The van der Waals surface area contributed by atoms with E-state index in [0.29, 0.717) is 17.4 Å². The van der Waals surface area contributed by atoms with Crippen LogP contribution >= 0.6 is 0 Å². The smallest absolute Gasteiger partial charge is 0.150 e. The van der Waals surface area contributed by atoms with Crippen molar-refractivity contribution < 1.29 is 8.42 Å². The van der Waals surface area contributed by atoms with Gasteiger partial charge in [-0.25, -0.2) is 8.42 Å².